The van der Waals surface area contributed by atoms with Crippen LogP contribution in [0.3, 0.4) is 0 Å². The lowest BCUT2D eigenvalue weighted by Gasteiger charge is -2.40. The molecule has 23 heavy (non-hydrogen) atoms. The molecule has 6 nitrogen and oxygen atoms in total. The van der Waals surface area contributed by atoms with Crippen molar-refractivity contribution in [3.63, 3.8) is 0 Å². The Morgan fingerprint density at radius 2 is 2.09 bits per heavy atom. The van der Waals surface area contributed by atoms with Crippen LogP contribution < -0.4 is 10.2 Å². The Labute approximate surface area is 130 Å². The van der Waals surface area contributed by atoms with Gasteiger partial charge in [0.25, 0.3) is 0 Å². The number of nitrogens with one attached hydrogen (secondary N) is 1. The summed E-state index contributed by atoms with van der Waals surface area (Å²) < 4.78 is 37.2. The predicted octanol–water partition coefficient (Wildman–Crippen LogP) is 1.82. The number of aromatic carboxylic acids is 1. The number of piperidine rings is 1. The van der Waals surface area contributed by atoms with Crippen LogP contribution in [0.25, 0.3) is 0 Å². The molecule has 1 aliphatic heterocycles. The fourth-order valence-electron chi connectivity index (χ4n) is 2.61. The van der Waals surface area contributed by atoms with Crippen LogP contribution in [0.1, 0.15) is 30.3 Å². The van der Waals surface area contributed by atoms with Gasteiger partial charge in [0.15, 0.2) is 5.69 Å². The first kappa shape index (κ1) is 17.0. The van der Waals surface area contributed by atoms with Gasteiger partial charge in [-0.2, -0.15) is 13.2 Å². The summed E-state index contributed by atoms with van der Waals surface area (Å²) in [5.41, 5.74) is -0.142. The van der Waals surface area contributed by atoms with Crippen LogP contribution in [0.4, 0.5) is 19.0 Å². The number of carbonyl (C=O) groups is 2. The van der Waals surface area contributed by atoms with Crippen molar-refractivity contribution in [3.8, 4) is 0 Å². The number of hydrogen-bond donors (Lipinski definition) is 2. The van der Waals surface area contributed by atoms with E-state index < -0.39 is 30.1 Å². The second kappa shape index (κ2) is 6.43. The van der Waals surface area contributed by atoms with Crippen molar-refractivity contribution in [2.24, 2.45) is 0 Å². The minimum Gasteiger partial charge on any atom is -0.477 e. The molecule has 1 saturated heterocycles. The molecule has 0 aromatic carbocycles. The van der Waals surface area contributed by atoms with Crippen LogP contribution in [-0.2, 0) is 4.79 Å². The van der Waals surface area contributed by atoms with Gasteiger partial charge in [0.05, 0.1) is 0 Å². The monoisotopic (exact) mass is 331 g/mol. The number of hydrogen-bond acceptors (Lipinski definition) is 4. The normalized spacial score (nSPS) is 21.8. The zero-order valence-corrected chi connectivity index (χ0v) is 12.3. The molecule has 126 valence electrons. The third kappa shape index (κ3) is 3.91. The number of pyridine rings is 1. The highest BCUT2D eigenvalue weighted by Crippen LogP contribution is 2.25. The second-order valence-electron chi connectivity index (χ2n) is 5.34. The van der Waals surface area contributed by atoms with E-state index in [1.54, 1.807) is 17.9 Å². The molecule has 1 amide bonds. The maximum Gasteiger partial charge on any atom is 0.471 e. The summed E-state index contributed by atoms with van der Waals surface area (Å²) in [5.74, 6) is -2.79. The fourth-order valence-corrected chi connectivity index (χ4v) is 2.61. The number of carbonyl (C=O) groups excluding carboxylic acids is 1. The van der Waals surface area contributed by atoms with E-state index in [0.717, 1.165) is 0 Å². The van der Waals surface area contributed by atoms with Crippen molar-refractivity contribution in [3.05, 3.63) is 23.9 Å². The molecule has 9 heteroatoms. The predicted molar refractivity (Wildman–Crippen MR) is 75.2 cm³/mol. The van der Waals surface area contributed by atoms with Crippen molar-refractivity contribution in [2.45, 2.75) is 38.0 Å². The van der Waals surface area contributed by atoms with E-state index in [-0.39, 0.29) is 5.69 Å². The Kier molecular flexibility index (Phi) is 4.76. The number of anilines is 1. The number of carboxylic acid groups (broad SMARTS) is 1. The van der Waals surface area contributed by atoms with Gasteiger partial charge in [-0.15, -0.1) is 0 Å². The molecule has 0 radical (unpaired) electrons. The number of alkyl halides is 3. The van der Waals surface area contributed by atoms with Crippen LogP contribution in [0.2, 0.25) is 0 Å². The van der Waals surface area contributed by atoms with Gasteiger partial charge in [0, 0.05) is 18.6 Å². The number of nitrogens with zero attached hydrogens (tertiary/aromatic N) is 2. The zero-order chi connectivity index (χ0) is 17.2. The van der Waals surface area contributed by atoms with Gasteiger partial charge in [0.1, 0.15) is 5.82 Å². The topological polar surface area (TPSA) is 82.5 Å². The third-order valence-electron chi connectivity index (χ3n) is 3.81. The van der Waals surface area contributed by atoms with E-state index in [1.807, 2.05) is 5.32 Å². The van der Waals surface area contributed by atoms with E-state index in [4.69, 9.17) is 5.11 Å². The molecule has 1 aliphatic rings. The first-order valence-corrected chi connectivity index (χ1v) is 7.05. The molecule has 1 aromatic heterocycles. The molecule has 1 fully saturated rings. The lowest BCUT2D eigenvalue weighted by molar-refractivity contribution is -0.174. The van der Waals surface area contributed by atoms with E-state index in [9.17, 15) is 22.8 Å². The molecule has 0 unspecified atom stereocenters. The summed E-state index contributed by atoms with van der Waals surface area (Å²) in [5, 5.41) is 11.0. The molecule has 0 aliphatic carbocycles. The van der Waals surface area contributed by atoms with Crippen molar-refractivity contribution in [1.82, 2.24) is 10.3 Å². The molecule has 2 rings (SSSR count). The summed E-state index contributed by atoms with van der Waals surface area (Å²) in [7, 11) is 0. The van der Waals surface area contributed by atoms with Crippen LogP contribution in [0, 0.1) is 0 Å². The molecular weight excluding hydrogens is 315 g/mol. The van der Waals surface area contributed by atoms with Gasteiger partial charge in [-0.05, 0) is 31.9 Å². The van der Waals surface area contributed by atoms with Gasteiger partial charge >= 0.3 is 18.1 Å². The van der Waals surface area contributed by atoms with Gasteiger partial charge in [-0.25, -0.2) is 9.78 Å². The number of carboxylic acids is 1. The third-order valence-corrected chi connectivity index (χ3v) is 3.81. The molecule has 2 heterocycles. The summed E-state index contributed by atoms with van der Waals surface area (Å²) in [4.78, 5) is 27.8. The number of aromatic nitrogens is 1. The maximum atomic E-state index is 12.4. The van der Waals surface area contributed by atoms with E-state index in [0.29, 0.717) is 25.2 Å². The molecule has 2 atom stereocenters. The van der Waals surface area contributed by atoms with Crippen molar-refractivity contribution >= 4 is 17.7 Å². The van der Waals surface area contributed by atoms with Crippen LogP contribution in [0.15, 0.2) is 18.2 Å². The van der Waals surface area contributed by atoms with E-state index in [1.165, 1.54) is 12.1 Å². The number of rotatable bonds is 3. The molecule has 2 N–H and O–H groups in total. The Morgan fingerprint density at radius 1 is 1.39 bits per heavy atom. The van der Waals surface area contributed by atoms with Crippen LogP contribution in [0.5, 0.6) is 0 Å². The van der Waals surface area contributed by atoms with Crippen molar-refractivity contribution < 1.29 is 27.9 Å². The first-order chi connectivity index (χ1) is 10.7. The average molecular weight is 331 g/mol. The van der Waals surface area contributed by atoms with Gasteiger partial charge in [-0.1, -0.05) is 6.07 Å². The Bertz CT molecular complexity index is 606. The highest BCUT2D eigenvalue weighted by molar-refractivity contribution is 5.85. The highest BCUT2D eigenvalue weighted by atomic mass is 19.4. The summed E-state index contributed by atoms with van der Waals surface area (Å²) >= 11 is 0. The fraction of sp³-hybridized carbons (Fsp3) is 0.500. The van der Waals surface area contributed by atoms with E-state index >= 15 is 0 Å². The number of halogens is 3. The molecular formula is C14H16F3N3O3. The smallest absolute Gasteiger partial charge is 0.471 e. The lowest BCUT2D eigenvalue weighted by atomic mass is 9.97. The van der Waals surface area contributed by atoms with Gasteiger partial charge < -0.3 is 15.3 Å². The molecule has 0 spiro atoms. The maximum absolute atomic E-state index is 12.4. The van der Waals surface area contributed by atoms with Crippen molar-refractivity contribution in [2.75, 3.05) is 11.4 Å². The Hall–Kier alpha value is -2.32. The summed E-state index contributed by atoms with van der Waals surface area (Å²) in [6.07, 6.45) is -3.95. The largest absolute Gasteiger partial charge is 0.477 e. The molecule has 0 bridgehead atoms. The Morgan fingerprint density at radius 3 is 2.70 bits per heavy atom. The standard InChI is InChI=1S/C14H16F3N3O3/c1-8-9(19-13(23)14(15,16)17)5-3-7-20(8)11-6-2-4-10(18-11)12(21)22/h2,4,6,8-9H,3,5,7H2,1H3,(H,19,23)(H,21,22)/t8-,9-/m1/s1. The minimum atomic E-state index is -4.93. The van der Waals surface area contributed by atoms with E-state index in [2.05, 4.69) is 4.98 Å². The highest BCUT2D eigenvalue weighted by Gasteiger charge is 2.41. The molecule has 0 saturated carbocycles. The second-order valence-corrected chi connectivity index (χ2v) is 5.34. The molecule has 1 aromatic rings. The minimum absolute atomic E-state index is 0.142. The van der Waals surface area contributed by atoms with Gasteiger partial charge in [0.2, 0.25) is 0 Å². The Balaban J connectivity index is 2.16. The SMILES string of the molecule is C[C@@H]1[C@H](NC(=O)C(F)(F)F)CCCN1c1cccc(C(=O)O)n1. The quantitative estimate of drug-likeness (QED) is 0.883. The summed E-state index contributed by atoms with van der Waals surface area (Å²) in [6.45, 7) is 2.20. The van der Waals surface area contributed by atoms with Crippen LogP contribution in [-0.4, -0.2) is 46.8 Å². The van der Waals surface area contributed by atoms with Crippen molar-refractivity contribution in [1.29, 1.82) is 0 Å². The first-order valence-electron chi connectivity index (χ1n) is 7.05. The summed E-state index contributed by atoms with van der Waals surface area (Å²) in [6, 6.07) is 3.33. The number of amides is 1. The zero-order valence-electron chi connectivity index (χ0n) is 12.3. The average Bonchev–Trinajstić information content (AvgIpc) is 2.48. The van der Waals surface area contributed by atoms with Gasteiger partial charge in [-0.3, -0.25) is 4.79 Å². The lowest BCUT2D eigenvalue weighted by Crippen LogP contribution is -2.56. The van der Waals surface area contributed by atoms with Crippen LogP contribution >= 0.6 is 0 Å².